The van der Waals surface area contributed by atoms with Crippen molar-refractivity contribution < 1.29 is 4.79 Å². The zero-order valence-electron chi connectivity index (χ0n) is 9.18. The van der Waals surface area contributed by atoms with E-state index in [0.29, 0.717) is 12.4 Å². The van der Waals surface area contributed by atoms with Crippen LogP contribution in [0.5, 0.6) is 0 Å². The molecule has 4 N–H and O–H groups in total. The van der Waals surface area contributed by atoms with Gasteiger partial charge in [-0.25, -0.2) is 10.8 Å². The van der Waals surface area contributed by atoms with Gasteiger partial charge in [-0.2, -0.15) is 0 Å². The smallest absolute Gasteiger partial charge is 0.271 e. The molecule has 2 rings (SSSR count). The Morgan fingerprint density at radius 3 is 3.00 bits per heavy atom. The molecule has 94 valence electrons. The minimum atomic E-state index is -0.356. The lowest BCUT2D eigenvalue weighted by Gasteiger charge is -2.06. The monoisotopic (exact) mass is 283 g/mol. The van der Waals surface area contributed by atoms with Gasteiger partial charge in [0.15, 0.2) is 0 Å². The molecule has 1 amide bonds. The number of hydrogen-bond acceptors (Lipinski definition) is 6. The van der Waals surface area contributed by atoms with Crippen molar-refractivity contribution in [2.75, 3.05) is 5.43 Å². The second-order valence-electron chi connectivity index (χ2n) is 3.32. The molecule has 0 aliphatic carbocycles. The average molecular weight is 284 g/mol. The van der Waals surface area contributed by atoms with Crippen molar-refractivity contribution >= 4 is 34.7 Å². The van der Waals surface area contributed by atoms with Crippen molar-refractivity contribution in [1.29, 1.82) is 0 Å². The Morgan fingerprint density at radius 2 is 2.33 bits per heavy atom. The molecule has 2 heterocycles. The molecule has 0 bridgehead atoms. The highest BCUT2D eigenvalue weighted by atomic mass is 35.5. The van der Waals surface area contributed by atoms with Crippen molar-refractivity contribution in [3.05, 3.63) is 39.4 Å². The number of hydrazine groups is 1. The highest BCUT2D eigenvalue weighted by Gasteiger charge is 2.13. The maximum absolute atomic E-state index is 11.9. The maximum atomic E-state index is 11.9. The van der Waals surface area contributed by atoms with Gasteiger partial charge in [-0.1, -0.05) is 11.6 Å². The summed E-state index contributed by atoms with van der Waals surface area (Å²) in [5, 5.41) is 2.98. The number of hydrogen-bond donors (Lipinski definition) is 3. The molecule has 0 unspecified atom stereocenters. The highest BCUT2D eigenvalue weighted by molar-refractivity contribution is 7.09. The lowest BCUT2D eigenvalue weighted by molar-refractivity contribution is 0.0946. The minimum Gasteiger partial charge on any atom is -0.346 e. The number of carbonyl (C=O) groups is 1. The van der Waals surface area contributed by atoms with E-state index in [1.807, 2.05) is 0 Å². The van der Waals surface area contributed by atoms with E-state index >= 15 is 0 Å². The number of aromatic nitrogens is 2. The quantitative estimate of drug-likeness (QED) is 0.583. The van der Waals surface area contributed by atoms with Crippen molar-refractivity contribution in [2.45, 2.75) is 6.54 Å². The molecule has 18 heavy (non-hydrogen) atoms. The lowest BCUT2D eigenvalue weighted by Crippen LogP contribution is -2.24. The van der Waals surface area contributed by atoms with Gasteiger partial charge >= 0.3 is 0 Å². The number of pyridine rings is 1. The Bertz CT molecular complexity index is 545. The number of nitrogens with two attached hydrogens (primary N) is 1. The van der Waals surface area contributed by atoms with Crippen LogP contribution in [0.15, 0.2) is 23.8 Å². The van der Waals surface area contributed by atoms with Crippen LogP contribution in [-0.4, -0.2) is 15.9 Å². The average Bonchev–Trinajstić information content (AvgIpc) is 2.89. The predicted octanol–water partition coefficient (Wildman–Crippen LogP) is 1.41. The van der Waals surface area contributed by atoms with Gasteiger partial charge in [-0.15, -0.1) is 11.3 Å². The lowest BCUT2D eigenvalue weighted by atomic mass is 10.3. The standard InChI is InChI=1S/C10H10ClN5OS/c11-7-1-2-8(16-12)15-9(7)10(17)14-4-6-3-13-5-18-6/h1-3,5H,4,12H2,(H,14,17)(H,15,16). The summed E-state index contributed by atoms with van der Waals surface area (Å²) in [5.41, 5.74) is 4.20. The number of nitrogens with one attached hydrogen (secondary N) is 2. The fourth-order valence-corrected chi connectivity index (χ4v) is 1.99. The van der Waals surface area contributed by atoms with E-state index in [1.165, 1.54) is 11.3 Å². The van der Waals surface area contributed by atoms with E-state index in [0.717, 1.165) is 4.88 Å². The largest absolute Gasteiger partial charge is 0.346 e. The van der Waals surface area contributed by atoms with E-state index in [4.69, 9.17) is 17.4 Å². The maximum Gasteiger partial charge on any atom is 0.271 e. The third-order valence-electron chi connectivity index (χ3n) is 2.12. The summed E-state index contributed by atoms with van der Waals surface area (Å²) in [5.74, 6) is 5.25. The topological polar surface area (TPSA) is 92.9 Å². The van der Waals surface area contributed by atoms with E-state index in [1.54, 1.807) is 23.8 Å². The molecule has 2 aromatic heterocycles. The van der Waals surface area contributed by atoms with Crippen LogP contribution in [0.1, 0.15) is 15.4 Å². The van der Waals surface area contributed by atoms with E-state index in [-0.39, 0.29) is 16.6 Å². The predicted molar refractivity (Wildman–Crippen MR) is 70.3 cm³/mol. The summed E-state index contributed by atoms with van der Waals surface area (Å²) < 4.78 is 0. The van der Waals surface area contributed by atoms with Crippen LogP contribution >= 0.6 is 22.9 Å². The van der Waals surface area contributed by atoms with Crippen molar-refractivity contribution in [2.24, 2.45) is 5.84 Å². The molecule has 0 saturated carbocycles. The van der Waals surface area contributed by atoms with Gasteiger partial charge in [0.1, 0.15) is 11.5 Å². The number of rotatable bonds is 4. The van der Waals surface area contributed by atoms with Gasteiger partial charge in [0.05, 0.1) is 17.1 Å². The molecule has 0 aromatic carbocycles. The molecular formula is C10H10ClN5OS. The first-order chi connectivity index (χ1) is 8.70. The van der Waals surface area contributed by atoms with Gasteiger partial charge < -0.3 is 10.7 Å². The summed E-state index contributed by atoms with van der Waals surface area (Å²) in [7, 11) is 0. The van der Waals surface area contributed by atoms with Gasteiger partial charge in [-0.05, 0) is 12.1 Å². The van der Waals surface area contributed by atoms with Crippen LogP contribution in [0.3, 0.4) is 0 Å². The molecule has 0 atom stereocenters. The van der Waals surface area contributed by atoms with Gasteiger partial charge in [0, 0.05) is 11.1 Å². The van der Waals surface area contributed by atoms with Crippen LogP contribution in [0.25, 0.3) is 0 Å². The molecule has 6 nitrogen and oxygen atoms in total. The SMILES string of the molecule is NNc1ccc(Cl)c(C(=O)NCc2cncs2)n1. The van der Waals surface area contributed by atoms with Crippen LogP contribution in [0.2, 0.25) is 5.02 Å². The summed E-state index contributed by atoms with van der Waals surface area (Å²) in [6, 6.07) is 3.15. The van der Waals surface area contributed by atoms with Crippen molar-refractivity contribution in [3.8, 4) is 0 Å². The number of amides is 1. The molecule has 0 aliphatic rings. The third kappa shape index (κ3) is 2.95. The number of carbonyl (C=O) groups excluding carboxylic acids is 1. The summed E-state index contributed by atoms with van der Waals surface area (Å²) in [4.78, 5) is 20.8. The number of thiazole rings is 1. The highest BCUT2D eigenvalue weighted by Crippen LogP contribution is 2.16. The van der Waals surface area contributed by atoms with Crippen LogP contribution in [-0.2, 0) is 6.54 Å². The first-order valence-corrected chi connectivity index (χ1v) is 6.25. The molecule has 2 aromatic rings. The van der Waals surface area contributed by atoms with Crippen molar-refractivity contribution in [3.63, 3.8) is 0 Å². The molecule has 8 heteroatoms. The molecule has 0 aliphatic heterocycles. The summed E-state index contributed by atoms with van der Waals surface area (Å²) >= 11 is 7.37. The molecule has 0 fully saturated rings. The number of nitrogen functional groups attached to an aromatic ring is 1. The summed E-state index contributed by atoms with van der Waals surface area (Å²) in [6.07, 6.45) is 1.69. The fourth-order valence-electron chi connectivity index (χ4n) is 1.26. The first kappa shape index (κ1) is 12.7. The van der Waals surface area contributed by atoms with E-state index < -0.39 is 0 Å². The van der Waals surface area contributed by atoms with E-state index in [2.05, 4.69) is 20.7 Å². The van der Waals surface area contributed by atoms with Gasteiger partial charge in [-0.3, -0.25) is 9.78 Å². The second kappa shape index (κ2) is 5.76. The van der Waals surface area contributed by atoms with Crippen molar-refractivity contribution in [1.82, 2.24) is 15.3 Å². The Kier molecular flexibility index (Phi) is 4.08. The van der Waals surface area contributed by atoms with Crippen LogP contribution < -0.4 is 16.6 Å². The number of halogens is 1. The van der Waals surface area contributed by atoms with E-state index in [9.17, 15) is 4.79 Å². The molecule has 0 saturated heterocycles. The molecular weight excluding hydrogens is 274 g/mol. The van der Waals surface area contributed by atoms with Gasteiger partial charge in [0.2, 0.25) is 0 Å². The third-order valence-corrected chi connectivity index (χ3v) is 3.20. The minimum absolute atomic E-state index is 0.136. The Balaban J connectivity index is 2.08. The Morgan fingerprint density at radius 1 is 1.50 bits per heavy atom. The Hall–Kier alpha value is -1.70. The molecule has 0 spiro atoms. The first-order valence-electron chi connectivity index (χ1n) is 4.99. The second-order valence-corrected chi connectivity index (χ2v) is 4.70. The Labute approximate surface area is 112 Å². The van der Waals surface area contributed by atoms with Crippen LogP contribution in [0, 0.1) is 0 Å². The number of anilines is 1. The van der Waals surface area contributed by atoms with Gasteiger partial charge in [0.25, 0.3) is 5.91 Å². The zero-order chi connectivity index (χ0) is 13.0. The zero-order valence-corrected chi connectivity index (χ0v) is 10.8. The normalized spacial score (nSPS) is 10.1. The summed E-state index contributed by atoms with van der Waals surface area (Å²) in [6.45, 7) is 0.391. The number of nitrogens with zero attached hydrogens (tertiary/aromatic N) is 2. The van der Waals surface area contributed by atoms with Crippen LogP contribution in [0.4, 0.5) is 5.82 Å². The molecule has 0 radical (unpaired) electrons. The fraction of sp³-hybridized carbons (Fsp3) is 0.100.